The Kier molecular flexibility index (Phi) is 6.19. The summed E-state index contributed by atoms with van der Waals surface area (Å²) < 4.78 is 42.3. The molecule has 114 valence electrons. The quantitative estimate of drug-likeness (QED) is 0.741. The Morgan fingerprint density at radius 1 is 1.32 bits per heavy atom. The average Bonchev–Trinajstić information content (AvgIpc) is 2.62. The Morgan fingerprint density at radius 3 is 2.42 bits per heavy atom. The van der Waals surface area contributed by atoms with E-state index in [0.717, 1.165) is 0 Å². The zero-order chi connectivity index (χ0) is 14.6. The summed E-state index contributed by atoms with van der Waals surface area (Å²) in [6, 6.07) is 0. The molecule has 0 aromatic rings. The fraction of sp³-hybridized carbons (Fsp3) is 1.00. The third-order valence-electron chi connectivity index (χ3n) is 3.23. The van der Waals surface area contributed by atoms with E-state index in [1.54, 1.807) is 7.11 Å². The second-order valence-electron chi connectivity index (χ2n) is 5.04. The van der Waals surface area contributed by atoms with Crippen molar-refractivity contribution in [3.05, 3.63) is 0 Å². The Morgan fingerprint density at radius 2 is 1.95 bits per heavy atom. The van der Waals surface area contributed by atoms with Crippen LogP contribution >= 0.6 is 0 Å². The maximum Gasteiger partial charge on any atom is 0.211 e. The average molecular weight is 295 g/mol. The van der Waals surface area contributed by atoms with E-state index in [1.807, 2.05) is 20.8 Å². The Balaban J connectivity index is 2.69. The van der Waals surface area contributed by atoms with E-state index >= 15 is 0 Å². The number of methoxy groups -OCH3 is 1. The second kappa shape index (κ2) is 6.99. The molecule has 1 aliphatic rings. The molecule has 1 fully saturated rings. The van der Waals surface area contributed by atoms with Crippen molar-refractivity contribution in [3.8, 4) is 0 Å². The van der Waals surface area contributed by atoms with Crippen molar-refractivity contribution in [2.75, 3.05) is 19.9 Å². The van der Waals surface area contributed by atoms with Gasteiger partial charge in [0.1, 0.15) is 12.2 Å². The molecular formula is C12H25NO5S. The van der Waals surface area contributed by atoms with Crippen LogP contribution in [0.2, 0.25) is 0 Å². The minimum Gasteiger partial charge on any atom is -0.376 e. The summed E-state index contributed by atoms with van der Waals surface area (Å²) >= 11 is 0. The minimum atomic E-state index is -3.23. The van der Waals surface area contributed by atoms with Gasteiger partial charge in [0.25, 0.3) is 0 Å². The lowest BCUT2D eigenvalue weighted by molar-refractivity contribution is -0.0758. The standard InChI is InChI=1S/C12H25NO5S/c1-8(2)17-12-10(6-7-19(14,15)13-4)18-9(3)11(12)16-5/h8-13H,6-7H2,1-5H3/t9-,10+,11-,12+/m0/s1. The molecule has 0 spiro atoms. The molecule has 4 atom stereocenters. The molecule has 6 nitrogen and oxygen atoms in total. The molecule has 1 N–H and O–H groups in total. The summed E-state index contributed by atoms with van der Waals surface area (Å²) in [4.78, 5) is 0. The first-order valence-corrected chi connectivity index (χ1v) is 8.21. The van der Waals surface area contributed by atoms with Crippen molar-refractivity contribution in [2.45, 2.75) is 57.7 Å². The lowest BCUT2D eigenvalue weighted by Crippen LogP contribution is -2.39. The topological polar surface area (TPSA) is 73.9 Å². The molecule has 1 aliphatic heterocycles. The van der Waals surface area contributed by atoms with E-state index < -0.39 is 10.0 Å². The summed E-state index contributed by atoms with van der Waals surface area (Å²) in [6.45, 7) is 5.80. The maximum absolute atomic E-state index is 11.5. The Bertz CT molecular complexity index is 370. The van der Waals surface area contributed by atoms with Gasteiger partial charge in [-0.15, -0.1) is 0 Å². The van der Waals surface area contributed by atoms with Gasteiger partial charge in [0, 0.05) is 7.11 Å². The number of hydrogen-bond donors (Lipinski definition) is 1. The highest BCUT2D eigenvalue weighted by Gasteiger charge is 2.44. The predicted octanol–water partition coefficient (Wildman–Crippen LogP) is 0.522. The molecule has 7 heteroatoms. The van der Waals surface area contributed by atoms with Gasteiger partial charge in [-0.3, -0.25) is 0 Å². The van der Waals surface area contributed by atoms with E-state index in [2.05, 4.69) is 4.72 Å². The van der Waals surface area contributed by atoms with Gasteiger partial charge in [-0.25, -0.2) is 13.1 Å². The fourth-order valence-corrected chi connectivity index (χ4v) is 3.07. The number of nitrogens with one attached hydrogen (secondary N) is 1. The van der Waals surface area contributed by atoms with Crippen LogP contribution in [0.15, 0.2) is 0 Å². The smallest absolute Gasteiger partial charge is 0.211 e. The van der Waals surface area contributed by atoms with Crippen molar-refractivity contribution < 1.29 is 22.6 Å². The van der Waals surface area contributed by atoms with Crippen molar-refractivity contribution in [1.82, 2.24) is 4.72 Å². The lowest BCUT2D eigenvalue weighted by atomic mass is 10.1. The van der Waals surface area contributed by atoms with E-state index in [1.165, 1.54) is 7.05 Å². The first-order valence-electron chi connectivity index (χ1n) is 6.55. The number of rotatable bonds is 7. The van der Waals surface area contributed by atoms with Crippen molar-refractivity contribution in [3.63, 3.8) is 0 Å². The Labute approximate surface area is 115 Å². The fourth-order valence-electron chi connectivity index (χ4n) is 2.32. The highest BCUT2D eigenvalue weighted by Crippen LogP contribution is 2.29. The molecule has 1 saturated heterocycles. The maximum atomic E-state index is 11.5. The van der Waals surface area contributed by atoms with Crippen LogP contribution in [0.3, 0.4) is 0 Å². The third kappa shape index (κ3) is 4.68. The number of ether oxygens (including phenoxy) is 3. The molecule has 0 unspecified atom stereocenters. The summed E-state index contributed by atoms with van der Waals surface area (Å²) in [5, 5.41) is 0. The molecular weight excluding hydrogens is 270 g/mol. The zero-order valence-electron chi connectivity index (χ0n) is 12.3. The number of sulfonamides is 1. The molecule has 0 saturated carbocycles. The van der Waals surface area contributed by atoms with Gasteiger partial charge >= 0.3 is 0 Å². The van der Waals surface area contributed by atoms with Crippen LogP contribution in [0.25, 0.3) is 0 Å². The largest absolute Gasteiger partial charge is 0.376 e. The first kappa shape index (κ1) is 16.8. The van der Waals surface area contributed by atoms with Gasteiger partial charge in [0.05, 0.1) is 24.1 Å². The summed E-state index contributed by atoms with van der Waals surface area (Å²) in [5.74, 6) is 0.0231. The van der Waals surface area contributed by atoms with E-state index in [-0.39, 0.29) is 36.3 Å². The normalized spacial score (nSPS) is 32.1. The third-order valence-corrected chi connectivity index (χ3v) is 4.62. The van der Waals surface area contributed by atoms with Gasteiger partial charge in [0.15, 0.2) is 0 Å². The summed E-state index contributed by atoms with van der Waals surface area (Å²) in [5.41, 5.74) is 0. The van der Waals surface area contributed by atoms with Crippen molar-refractivity contribution in [1.29, 1.82) is 0 Å². The summed E-state index contributed by atoms with van der Waals surface area (Å²) in [6.07, 6.45) is -0.316. The van der Waals surface area contributed by atoms with Gasteiger partial charge in [-0.05, 0) is 34.2 Å². The monoisotopic (exact) mass is 295 g/mol. The molecule has 0 radical (unpaired) electrons. The summed E-state index contributed by atoms with van der Waals surface area (Å²) in [7, 11) is -0.198. The van der Waals surface area contributed by atoms with Gasteiger partial charge in [0.2, 0.25) is 10.0 Å². The molecule has 19 heavy (non-hydrogen) atoms. The Hall–Kier alpha value is -0.210. The molecule has 0 aliphatic carbocycles. The second-order valence-corrected chi connectivity index (χ2v) is 7.09. The van der Waals surface area contributed by atoms with Gasteiger partial charge in [-0.2, -0.15) is 0 Å². The van der Waals surface area contributed by atoms with Crippen molar-refractivity contribution in [2.24, 2.45) is 0 Å². The van der Waals surface area contributed by atoms with Gasteiger partial charge < -0.3 is 14.2 Å². The van der Waals surface area contributed by atoms with Crippen LogP contribution in [-0.4, -0.2) is 58.8 Å². The van der Waals surface area contributed by atoms with Crippen molar-refractivity contribution >= 4 is 10.0 Å². The predicted molar refractivity (Wildman–Crippen MR) is 72.6 cm³/mol. The molecule has 1 rings (SSSR count). The van der Waals surface area contributed by atoms with Crippen LogP contribution in [0.4, 0.5) is 0 Å². The van der Waals surface area contributed by atoms with Crippen LogP contribution in [0.5, 0.6) is 0 Å². The molecule has 0 aromatic heterocycles. The molecule has 0 aromatic carbocycles. The van der Waals surface area contributed by atoms with Crippen LogP contribution in [-0.2, 0) is 24.2 Å². The highest BCUT2D eigenvalue weighted by molar-refractivity contribution is 7.89. The van der Waals surface area contributed by atoms with Crippen LogP contribution in [0.1, 0.15) is 27.2 Å². The van der Waals surface area contributed by atoms with Crippen LogP contribution < -0.4 is 4.72 Å². The first-order chi connectivity index (χ1) is 8.80. The SMILES string of the molecule is CNS(=O)(=O)CC[C@H]1O[C@@H](C)[C@H](OC)[C@@H]1OC(C)C. The molecule has 1 heterocycles. The van der Waals surface area contributed by atoms with E-state index in [4.69, 9.17) is 14.2 Å². The molecule has 0 bridgehead atoms. The van der Waals surface area contributed by atoms with E-state index in [9.17, 15) is 8.42 Å². The number of hydrogen-bond acceptors (Lipinski definition) is 5. The molecule has 0 amide bonds. The minimum absolute atomic E-state index is 0.0231. The zero-order valence-corrected chi connectivity index (χ0v) is 13.1. The van der Waals surface area contributed by atoms with Gasteiger partial charge in [-0.1, -0.05) is 0 Å². The highest BCUT2D eigenvalue weighted by atomic mass is 32.2. The van der Waals surface area contributed by atoms with E-state index in [0.29, 0.717) is 6.42 Å². The van der Waals surface area contributed by atoms with Crippen LogP contribution in [0, 0.1) is 0 Å². The lowest BCUT2D eigenvalue weighted by Gasteiger charge is -2.25.